The van der Waals surface area contributed by atoms with Gasteiger partial charge in [-0.2, -0.15) is 5.10 Å². The van der Waals surface area contributed by atoms with Gasteiger partial charge in [0.2, 0.25) is 0 Å². The highest BCUT2D eigenvalue weighted by atomic mass is 16.5. The van der Waals surface area contributed by atoms with Gasteiger partial charge in [0.1, 0.15) is 17.0 Å². The van der Waals surface area contributed by atoms with E-state index in [0.29, 0.717) is 5.82 Å². The summed E-state index contributed by atoms with van der Waals surface area (Å²) in [4.78, 5) is 21.8. The third-order valence-corrected chi connectivity index (χ3v) is 7.02. The Morgan fingerprint density at radius 1 is 1.00 bits per heavy atom. The van der Waals surface area contributed by atoms with E-state index in [1.54, 1.807) is 18.7 Å². The summed E-state index contributed by atoms with van der Waals surface area (Å²) in [6.07, 6.45) is 15.4. The van der Waals surface area contributed by atoms with Gasteiger partial charge in [-0.25, -0.2) is 9.97 Å². The smallest absolute Gasteiger partial charge is 0.159 e. The SMILES string of the molecule is Cc1cn(-c2cccc3[nH]c(-c4n[nH]c5cnc(-c6cncc(OC7CCCCC7)c6)cc45)nc23)cn1. The van der Waals surface area contributed by atoms with Gasteiger partial charge in [-0.3, -0.25) is 15.1 Å². The summed E-state index contributed by atoms with van der Waals surface area (Å²) >= 11 is 0. The first-order valence-corrected chi connectivity index (χ1v) is 12.7. The number of fused-ring (bicyclic) bond motifs is 2. The summed E-state index contributed by atoms with van der Waals surface area (Å²) in [6, 6.07) is 10.1. The van der Waals surface area contributed by atoms with E-state index >= 15 is 0 Å². The Bertz CT molecular complexity index is 1720. The number of hydrogen-bond donors (Lipinski definition) is 2. The maximum absolute atomic E-state index is 6.24. The van der Waals surface area contributed by atoms with Crippen molar-refractivity contribution in [2.75, 3.05) is 0 Å². The lowest BCUT2D eigenvalue weighted by atomic mass is 9.98. The van der Waals surface area contributed by atoms with Crippen molar-refractivity contribution in [2.24, 2.45) is 0 Å². The van der Waals surface area contributed by atoms with Gasteiger partial charge in [0.15, 0.2) is 5.82 Å². The van der Waals surface area contributed by atoms with Crippen molar-refractivity contribution in [3.8, 4) is 34.2 Å². The molecule has 0 saturated heterocycles. The molecular weight excluding hydrogens is 464 g/mol. The van der Waals surface area contributed by atoms with Gasteiger partial charge in [0, 0.05) is 23.3 Å². The predicted octanol–water partition coefficient (Wildman–Crippen LogP) is 5.77. The Kier molecular flexibility index (Phi) is 5.20. The first kappa shape index (κ1) is 21.7. The standard InChI is InChI=1S/C28H26N8O/c1-17-15-36(16-31-17)25-9-5-8-22-27(25)33-28(32-22)26-21-11-23(30-14-24(21)34-35-26)18-10-20(13-29-12-18)37-19-6-3-2-4-7-19/h5,8-16,19H,2-4,6-7H2,1H3,(H,32,33)(H,34,35). The number of hydrogen-bond acceptors (Lipinski definition) is 6. The van der Waals surface area contributed by atoms with E-state index in [-0.39, 0.29) is 6.10 Å². The normalized spacial score (nSPS) is 14.5. The van der Waals surface area contributed by atoms with Gasteiger partial charge >= 0.3 is 0 Å². The molecule has 1 saturated carbocycles. The van der Waals surface area contributed by atoms with Crippen molar-refractivity contribution in [2.45, 2.75) is 45.1 Å². The minimum absolute atomic E-state index is 0.269. The monoisotopic (exact) mass is 490 g/mol. The first-order valence-electron chi connectivity index (χ1n) is 12.7. The summed E-state index contributed by atoms with van der Waals surface area (Å²) in [5.41, 5.74) is 7.00. The number of H-pyrrole nitrogens is 2. The molecule has 0 unspecified atom stereocenters. The van der Waals surface area contributed by atoms with Crippen LogP contribution >= 0.6 is 0 Å². The summed E-state index contributed by atoms with van der Waals surface area (Å²) in [7, 11) is 0. The average Bonchev–Trinajstić information content (AvgIpc) is 3.66. The molecule has 6 aromatic rings. The Labute approximate surface area is 213 Å². The molecule has 1 aliphatic carbocycles. The number of benzene rings is 1. The van der Waals surface area contributed by atoms with Gasteiger partial charge in [-0.05, 0) is 56.9 Å². The molecule has 0 atom stereocenters. The molecule has 0 spiro atoms. The van der Waals surface area contributed by atoms with Gasteiger partial charge < -0.3 is 14.3 Å². The van der Waals surface area contributed by atoms with Crippen molar-refractivity contribution < 1.29 is 4.74 Å². The minimum atomic E-state index is 0.269. The van der Waals surface area contributed by atoms with Crippen LogP contribution in [-0.4, -0.2) is 45.8 Å². The molecule has 0 amide bonds. The summed E-state index contributed by atoms with van der Waals surface area (Å²) < 4.78 is 8.22. The van der Waals surface area contributed by atoms with E-state index in [0.717, 1.165) is 68.9 Å². The Hall–Kier alpha value is -4.53. The van der Waals surface area contributed by atoms with E-state index in [1.807, 2.05) is 54.2 Å². The summed E-state index contributed by atoms with van der Waals surface area (Å²) in [5.74, 6) is 1.48. The zero-order valence-electron chi connectivity index (χ0n) is 20.5. The highest BCUT2D eigenvalue weighted by Crippen LogP contribution is 2.31. The van der Waals surface area contributed by atoms with E-state index in [1.165, 1.54) is 19.3 Å². The van der Waals surface area contributed by atoms with Crippen molar-refractivity contribution in [1.29, 1.82) is 0 Å². The molecule has 9 nitrogen and oxygen atoms in total. The third-order valence-electron chi connectivity index (χ3n) is 7.02. The van der Waals surface area contributed by atoms with E-state index in [2.05, 4.69) is 30.1 Å². The predicted molar refractivity (Wildman–Crippen MR) is 142 cm³/mol. The largest absolute Gasteiger partial charge is 0.489 e. The van der Waals surface area contributed by atoms with Crippen molar-refractivity contribution in [3.05, 3.63) is 67.1 Å². The minimum Gasteiger partial charge on any atom is -0.489 e. The zero-order chi connectivity index (χ0) is 24.8. The molecule has 7 rings (SSSR count). The molecule has 1 fully saturated rings. The van der Waals surface area contributed by atoms with Gasteiger partial charge in [0.05, 0.1) is 52.9 Å². The second-order valence-corrected chi connectivity index (χ2v) is 9.66. The van der Waals surface area contributed by atoms with Crippen LogP contribution in [0.5, 0.6) is 5.75 Å². The Balaban J connectivity index is 1.26. The molecule has 184 valence electrons. The molecule has 0 bridgehead atoms. The molecule has 2 N–H and O–H groups in total. The lowest BCUT2D eigenvalue weighted by Crippen LogP contribution is -2.19. The quantitative estimate of drug-likeness (QED) is 0.317. The van der Waals surface area contributed by atoms with Crippen molar-refractivity contribution in [1.82, 2.24) is 39.7 Å². The zero-order valence-corrected chi connectivity index (χ0v) is 20.5. The number of imidazole rings is 2. The maximum atomic E-state index is 6.24. The fraction of sp³-hybridized carbons (Fsp3) is 0.250. The van der Waals surface area contributed by atoms with E-state index in [4.69, 9.17) is 9.72 Å². The second kappa shape index (κ2) is 8.85. The van der Waals surface area contributed by atoms with E-state index in [9.17, 15) is 0 Å². The number of para-hydroxylation sites is 1. The average molecular weight is 491 g/mol. The lowest BCUT2D eigenvalue weighted by Gasteiger charge is -2.22. The fourth-order valence-corrected chi connectivity index (χ4v) is 5.14. The Morgan fingerprint density at radius 3 is 2.78 bits per heavy atom. The molecule has 37 heavy (non-hydrogen) atoms. The number of nitrogens with zero attached hydrogens (tertiary/aromatic N) is 6. The number of aromatic amines is 2. The van der Waals surface area contributed by atoms with E-state index < -0.39 is 0 Å². The maximum Gasteiger partial charge on any atom is 0.159 e. The van der Waals surface area contributed by atoms with Crippen LogP contribution in [0, 0.1) is 6.92 Å². The lowest BCUT2D eigenvalue weighted by molar-refractivity contribution is 0.154. The van der Waals surface area contributed by atoms with Crippen LogP contribution in [0.1, 0.15) is 37.8 Å². The molecule has 5 aromatic heterocycles. The Morgan fingerprint density at radius 2 is 1.92 bits per heavy atom. The van der Waals surface area contributed by atoms with Crippen LogP contribution in [0.4, 0.5) is 0 Å². The number of pyridine rings is 2. The summed E-state index contributed by atoms with van der Waals surface area (Å²) in [6.45, 7) is 1.97. The van der Waals surface area contributed by atoms with Crippen LogP contribution in [0.3, 0.4) is 0 Å². The van der Waals surface area contributed by atoms with Gasteiger partial charge in [-0.15, -0.1) is 0 Å². The van der Waals surface area contributed by atoms with Crippen molar-refractivity contribution in [3.63, 3.8) is 0 Å². The molecule has 5 heterocycles. The van der Waals surface area contributed by atoms with Crippen LogP contribution in [-0.2, 0) is 0 Å². The molecular formula is C28H26N8O. The van der Waals surface area contributed by atoms with Crippen LogP contribution < -0.4 is 4.74 Å². The summed E-state index contributed by atoms with van der Waals surface area (Å²) in [5, 5.41) is 8.61. The fourth-order valence-electron chi connectivity index (χ4n) is 5.14. The first-order chi connectivity index (χ1) is 18.2. The molecule has 1 aliphatic rings. The second-order valence-electron chi connectivity index (χ2n) is 9.66. The molecule has 0 aliphatic heterocycles. The number of ether oxygens (including phenoxy) is 1. The highest BCUT2D eigenvalue weighted by molar-refractivity contribution is 5.95. The van der Waals surface area contributed by atoms with Crippen LogP contribution in [0.25, 0.3) is 50.4 Å². The van der Waals surface area contributed by atoms with Crippen LogP contribution in [0.2, 0.25) is 0 Å². The number of aromatic nitrogens is 8. The molecule has 9 heteroatoms. The van der Waals surface area contributed by atoms with Gasteiger partial charge in [-0.1, -0.05) is 12.5 Å². The van der Waals surface area contributed by atoms with Crippen LogP contribution in [0.15, 0.2) is 61.4 Å². The number of nitrogens with one attached hydrogen (secondary N) is 2. The number of rotatable bonds is 5. The molecule has 1 aromatic carbocycles. The van der Waals surface area contributed by atoms with Crippen molar-refractivity contribution >= 4 is 21.9 Å². The topological polar surface area (TPSA) is 110 Å². The third kappa shape index (κ3) is 4.02. The number of aryl methyl sites for hydroxylation is 1. The highest BCUT2D eigenvalue weighted by Gasteiger charge is 2.18. The molecule has 0 radical (unpaired) electrons. The van der Waals surface area contributed by atoms with Gasteiger partial charge in [0.25, 0.3) is 0 Å².